The Labute approximate surface area is 208 Å². The predicted molar refractivity (Wildman–Crippen MR) is 138 cm³/mol. The van der Waals surface area contributed by atoms with Crippen molar-refractivity contribution < 1.29 is 14.7 Å². The van der Waals surface area contributed by atoms with Gasteiger partial charge >= 0.3 is 5.69 Å². The van der Waals surface area contributed by atoms with Gasteiger partial charge < -0.3 is 20.3 Å². The number of amides is 1. The molecule has 1 aliphatic heterocycles. The zero-order chi connectivity index (χ0) is 25.5. The van der Waals surface area contributed by atoms with Crippen LogP contribution in [0.2, 0.25) is 0 Å². The minimum absolute atomic E-state index is 0.165. The van der Waals surface area contributed by atoms with Gasteiger partial charge in [-0.05, 0) is 43.7 Å². The van der Waals surface area contributed by atoms with Crippen LogP contribution in [0.15, 0.2) is 35.1 Å². The van der Waals surface area contributed by atoms with Gasteiger partial charge in [0.2, 0.25) is 0 Å². The van der Waals surface area contributed by atoms with Gasteiger partial charge in [0.15, 0.2) is 0 Å². The minimum Gasteiger partial charge on any atom is -0.483 e. The normalized spacial score (nSPS) is 13.7. The van der Waals surface area contributed by atoms with Gasteiger partial charge in [-0.3, -0.25) is 19.1 Å². The first-order valence-corrected chi connectivity index (χ1v) is 11.7. The highest BCUT2D eigenvalue weighted by Crippen LogP contribution is 2.22. The number of hydrogen-bond acceptors (Lipinski definition) is 7. The van der Waals surface area contributed by atoms with Crippen molar-refractivity contribution in [1.29, 1.82) is 0 Å². The maximum atomic E-state index is 12.3. The quantitative estimate of drug-likeness (QED) is 0.361. The topological polar surface area (TPSA) is 124 Å². The van der Waals surface area contributed by atoms with Crippen LogP contribution < -0.4 is 15.9 Å². The average Bonchev–Trinajstić information content (AvgIpc) is 2.84. The second-order valence-electron chi connectivity index (χ2n) is 8.11. The molecule has 0 atom stereocenters. The smallest absolute Gasteiger partial charge is 0.326 e. The van der Waals surface area contributed by atoms with Gasteiger partial charge in [0.25, 0.3) is 12.4 Å². The standard InChI is InChI=1S/C23H28N6O2S.CH2O2/c1-4-29-22(32)17-6-5-16(13-19(17)26-23(29)31)14-27-9-11-28(12-10-27)20-8-7-18(21(30)24-3)25-15(20)2;2-1-3/h5-8,13H,4,9-12,14H2,1-3H3,(H,24,30)(H,26,31);1H,(H,2,3). The van der Waals surface area contributed by atoms with Gasteiger partial charge in [0, 0.05) is 51.7 Å². The lowest BCUT2D eigenvalue weighted by Gasteiger charge is -2.36. The van der Waals surface area contributed by atoms with Crippen molar-refractivity contribution >= 4 is 41.2 Å². The fourth-order valence-corrected chi connectivity index (χ4v) is 4.62. The molecule has 0 bridgehead atoms. The van der Waals surface area contributed by atoms with Crippen LogP contribution in [0.4, 0.5) is 5.69 Å². The van der Waals surface area contributed by atoms with E-state index in [1.807, 2.05) is 32.0 Å². The molecule has 1 aromatic carbocycles. The number of nitrogens with one attached hydrogen (secondary N) is 2. The highest BCUT2D eigenvalue weighted by atomic mass is 32.1. The Hall–Kier alpha value is -3.57. The molecule has 0 aliphatic carbocycles. The van der Waals surface area contributed by atoms with Crippen molar-refractivity contribution in [2.45, 2.75) is 26.9 Å². The fourth-order valence-electron chi connectivity index (χ4n) is 4.23. The monoisotopic (exact) mass is 498 g/mol. The molecule has 186 valence electrons. The molecule has 3 N–H and O–H groups in total. The largest absolute Gasteiger partial charge is 0.483 e. The molecule has 3 heterocycles. The number of H-pyrrole nitrogens is 1. The molecule has 4 rings (SSSR count). The van der Waals surface area contributed by atoms with E-state index in [0.29, 0.717) is 16.9 Å². The highest BCUT2D eigenvalue weighted by Gasteiger charge is 2.20. The van der Waals surface area contributed by atoms with Crippen molar-refractivity contribution in [3.63, 3.8) is 0 Å². The van der Waals surface area contributed by atoms with Crippen LogP contribution in [-0.2, 0) is 17.9 Å². The zero-order valence-corrected chi connectivity index (χ0v) is 20.9. The number of carbonyl (C=O) groups excluding carboxylic acids is 1. The third-order valence-corrected chi connectivity index (χ3v) is 6.44. The number of anilines is 1. The van der Waals surface area contributed by atoms with Crippen LogP contribution >= 0.6 is 12.2 Å². The first-order valence-electron chi connectivity index (χ1n) is 11.3. The summed E-state index contributed by atoms with van der Waals surface area (Å²) >= 11 is 5.48. The third-order valence-electron chi connectivity index (χ3n) is 6.00. The van der Waals surface area contributed by atoms with Crippen molar-refractivity contribution in [3.8, 4) is 0 Å². The lowest BCUT2D eigenvalue weighted by Crippen LogP contribution is -2.46. The Kier molecular flexibility index (Phi) is 8.72. The number of aryl methyl sites for hydroxylation is 1. The maximum Gasteiger partial charge on any atom is 0.326 e. The van der Waals surface area contributed by atoms with Crippen LogP contribution in [0.25, 0.3) is 10.9 Å². The molecule has 1 amide bonds. The second-order valence-corrected chi connectivity index (χ2v) is 8.49. The molecular formula is C24H30N6O4S. The van der Waals surface area contributed by atoms with Gasteiger partial charge in [-0.25, -0.2) is 9.78 Å². The molecule has 1 saturated heterocycles. The van der Waals surface area contributed by atoms with E-state index in [-0.39, 0.29) is 18.1 Å². The van der Waals surface area contributed by atoms with Crippen LogP contribution in [0.3, 0.4) is 0 Å². The minimum atomic E-state index is -0.250. The van der Waals surface area contributed by atoms with E-state index in [9.17, 15) is 9.59 Å². The molecule has 35 heavy (non-hydrogen) atoms. The van der Waals surface area contributed by atoms with E-state index in [2.05, 4.69) is 31.2 Å². The summed E-state index contributed by atoms with van der Waals surface area (Å²) in [5.41, 5.74) is 4.15. The van der Waals surface area contributed by atoms with Gasteiger partial charge in [-0.1, -0.05) is 18.3 Å². The summed E-state index contributed by atoms with van der Waals surface area (Å²) in [6.07, 6.45) is 0. The van der Waals surface area contributed by atoms with Crippen molar-refractivity contribution in [2.24, 2.45) is 0 Å². The molecule has 1 aliphatic rings. The number of aromatic nitrogens is 3. The Morgan fingerprint density at radius 3 is 2.51 bits per heavy atom. The number of hydrogen-bond donors (Lipinski definition) is 3. The molecule has 1 fully saturated rings. The van der Waals surface area contributed by atoms with Gasteiger partial charge in [-0.2, -0.15) is 0 Å². The maximum absolute atomic E-state index is 12.3. The van der Waals surface area contributed by atoms with Gasteiger partial charge in [-0.15, -0.1) is 0 Å². The summed E-state index contributed by atoms with van der Waals surface area (Å²) in [5.74, 6) is -0.172. The highest BCUT2D eigenvalue weighted by molar-refractivity contribution is 7.71. The van der Waals surface area contributed by atoms with Gasteiger partial charge in [0.05, 0.1) is 16.9 Å². The van der Waals surface area contributed by atoms with E-state index < -0.39 is 0 Å². The predicted octanol–water partition coefficient (Wildman–Crippen LogP) is 2.17. The van der Waals surface area contributed by atoms with Crippen LogP contribution in [0.1, 0.15) is 28.7 Å². The Balaban J connectivity index is 0.00000108. The number of carbonyl (C=O) groups is 2. The molecule has 0 spiro atoms. The van der Waals surface area contributed by atoms with Crippen molar-refractivity contribution in [1.82, 2.24) is 24.8 Å². The molecule has 11 heteroatoms. The third kappa shape index (κ3) is 5.92. The summed E-state index contributed by atoms with van der Waals surface area (Å²) in [4.78, 5) is 44.6. The first-order chi connectivity index (χ1) is 16.8. The van der Waals surface area contributed by atoms with Crippen LogP contribution in [0.5, 0.6) is 0 Å². The molecule has 2 aromatic heterocycles. The van der Waals surface area contributed by atoms with Crippen molar-refractivity contribution in [3.05, 3.63) is 62.4 Å². The van der Waals surface area contributed by atoms with E-state index >= 15 is 0 Å². The van der Waals surface area contributed by atoms with Gasteiger partial charge in [0.1, 0.15) is 10.3 Å². The van der Waals surface area contributed by atoms with Crippen LogP contribution in [0, 0.1) is 11.6 Å². The Bertz CT molecular complexity index is 1330. The average molecular weight is 499 g/mol. The number of nitrogens with zero attached hydrogens (tertiary/aromatic N) is 4. The number of rotatable bonds is 5. The number of carboxylic acid groups (broad SMARTS) is 1. The second kappa shape index (κ2) is 11.7. The Morgan fingerprint density at radius 2 is 1.91 bits per heavy atom. The SMILES string of the molecule is CCn1c(=O)[nH]c2cc(CN3CCN(c4ccc(C(=O)NC)nc4C)CC3)ccc2c1=S.O=CO. The molecule has 3 aromatic rings. The van der Waals surface area contributed by atoms with E-state index in [0.717, 1.165) is 60.6 Å². The Morgan fingerprint density at radius 1 is 1.23 bits per heavy atom. The van der Waals surface area contributed by atoms with Crippen LogP contribution in [-0.4, -0.2) is 70.1 Å². The fraction of sp³-hybridized carbons (Fsp3) is 0.375. The first kappa shape index (κ1) is 26.0. The van der Waals surface area contributed by atoms with E-state index in [4.69, 9.17) is 22.1 Å². The summed E-state index contributed by atoms with van der Waals surface area (Å²) in [7, 11) is 1.61. The van der Waals surface area contributed by atoms with E-state index in [1.165, 1.54) is 0 Å². The summed E-state index contributed by atoms with van der Waals surface area (Å²) < 4.78 is 2.16. The lowest BCUT2D eigenvalue weighted by molar-refractivity contribution is -0.122. The summed E-state index contributed by atoms with van der Waals surface area (Å²) in [6.45, 7) is 8.59. The molecule has 0 unspecified atom stereocenters. The summed E-state index contributed by atoms with van der Waals surface area (Å²) in [6, 6.07) is 9.89. The summed E-state index contributed by atoms with van der Waals surface area (Å²) in [5, 5.41) is 10.4. The molecule has 0 saturated carbocycles. The number of pyridine rings is 1. The number of benzene rings is 1. The molecule has 10 nitrogen and oxygen atoms in total. The number of aromatic amines is 1. The van der Waals surface area contributed by atoms with E-state index in [1.54, 1.807) is 17.7 Å². The van der Waals surface area contributed by atoms with Crippen molar-refractivity contribution in [2.75, 3.05) is 38.1 Å². The number of fused-ring (bicyclic) bond motifs is 1. The zero-order valence-electron chi connectivity index (χ0n) is 20.1. The molecule has 0 radical (unpaired) electrons. The lowest BCUT2D eigenvalue weighted by atomic mass is 10.1. The number of piperazine rings is 1. The molecular weight excluding hydrogens is 468 g/mol.